The van der Waals surface area contributed by atoms with Crippen molar-refractivity contribution in [3.05, 3.63) is 35.6 Å². The van der Waals surface area contributed by atoms with Crippen LogP contribution in [-0.4, -0.2) is 17.8 Å². The van der Waals surface area contributed by atoms with Gasteiger partial charge in [0, 0.05) is 12.5 Å². The Bertz CT molecular complexity index is 396. The monoisotopic (exact) mass is 251 g/mol. The lowest BCUT2D eigenvalue weighted by Gasteiger charge is -2.29. The van der Waals surface area contributed by atoms with Crippen LogP contribution in [0.1, 0.15) is 37.7 Å². The van der Waals surface area contributed by atoms with E-state index >= 15 is 0 Å². The van der Waals surface area contributed by atoms with Crippen LogP contribution in [0.3, 0.4) is 0 Å². The van der Waals surface area contributed by atoms with Crippen molar-refractivity contribution in [1.29, 1.82) is 0 Å². The fourth-order valence-corrected chi connectivity index (χ4v) is 3.19. The minimum absolute atomic E-state index is 0.161. The summed E-state index contributed by atoms with van der Waals surface area (Å²) < 4.78 is 13.3. The Morgan fingerprint density at radius 1 is 1.44 bits per heavy atom. The molecule has 1 aliphatic rings. The van der Waals surface area contributed by atoms with Gasteiger partial charge in [0.05, 0.1) is 6.10 Å². The van der Waals surface area contributed by atoms with Gasteiger partial charge in [0.25, 0.3) is 0 Å². The van der Waals surface area contributed by atoms with Crippen molar-refractivity contribution in [2.24, 2.45) is 17.6 Å². The van der Waals surface area contributed by atoms with E-state index in [1.54, 1.807) is 6.07 Å². The Labute approximate surface area is 108 Å². The van der Waals surface area contributed by atoms with E-state index in [1.807, 2.05) is 6.07 Å². The predicted octanol–water partition coefficient (Wildman–Crippen LogP) is 2.67. The van der Waals surface area contributed by atoms with Crippen molar-refractivity contribution >= 4 is 0 Å². The largest absolute Gasteiger partial charge is 0.392 e. The average molecular weight is 251 g/mol. The van der Waals surface area contributed by atoms with Gasteiger partial charge < -0.3 is 10.8 Å². The van der Waals surface area contributed by atoms with E-state index in [1.165, 1.54) is 25.0 Å². The zero-order valence-electron chi connectivity index (χ0n) is 10.8. The highest BCUT2D eigenvalue weighted by molar-refractivity contribution is 5.22. The maximum absolute atomic E-state index is 13.3. The first-order chi connectivity index (χ1) is 8.63. The van der Waals surface area contributed by atoms with Crippen molar-refractivity contribution in [2.75, 3.05) is 6.54 Å². The minimum atomic E-state index is -0.464. The Hall–Kier alpha value is -0.930. The first-order valence-electron chi connectivity index (χ1n) is 6.77. The van der Waals surface area contributed by atoms with Crippen LogP contribution in [0, 0.1) is 17.7 Å². The predicted molar refractivity (Wildman–Crippen MR) is 70.7 cm³/mol. The van der Waals surface area contributed by atoms with Gasteiger partial charge in [-0.3, -0.25) is 0 Å². The molecule has 0 aliphatic heterocycles. The van der Waals surface area contributed by atoms with Gasteiger partial charge in [-0.1, -0.05) is 31.9 Å². The van der Waals surface area contributed by atoms with Gasteiger partial charge >= 0.3 is 0 Å². The molecule has 1 fully saturated rings. The fourth-order valence-electron chi connectivity index (χ4n) is 3.19. The normalized spacial score (nSPS) is 27.1. The summed E-state index contributed by atoms with van der Waals surface area (Å²) >= 11 is 0. The first kappa shape index (κ1) is 13.5. The lowest BCUT2D eigenvalue weighted by atomic mass is 9.81. The van der Waals surface area contributed by atoms with Gasteiger partial charge in [-0.2, -0.15) is 0 Å². The number of nitrogens with two attached hydrogens (primary N) is 1. The van der Waals surface area contributed by atoms with Crippen molar-refractivity contribution in [2.45, 2.75) is 38.2 Å². The maximum Gasteiger partial charge on any atom is 0.123 e. The molecular formula is C15H22FNO. The Morgan fingerprint density at radius 2 is 2.22 bits per heavy atom. The van der Waals surface area contributed by atoms with E-state index in [-0.39, 0.29) is 11.7 Å². The molecule has 0 saturated heterocycles. The molecule has 0 amide bonds. The topological polar surface area (TPSA) is 46.2 Å². The molecule has 1 aliphatic carbocycles. The molecule has 100 valence electrons. The third kappa shape index (κ3) is 2.73. The van der Waals surface area contributed by atoms with Crippen LogP contribution in [0.25, 0.3) is 0 Å². The second-order valence-electron chi connectivity index (χ2n) is 5.46. The van der Waals surface area contributed by atoms with E-state index in [9.17, 15) is 9.50 Å². The number of rotatable bonds is 4. The molecule has 0 spiro atoms. The number of halogens is 1. The molecule has 1 saturated carbocycles. The third-order valence-corrected chi connectivity index (χ3v) is 4.31. The second kappa shape index (κ2) is 5.81. The van der Waals surface area contributed by atoms with E-state index in [4.69, 9.17) is 5.73 Å². The van der Waals surface area contributed by atoms with E-state index in [2.05, 4.69) is 6.92 Å². The summed E-state index contributed by atoms with van der Waals surface area (Å²) in [4.78, 5) is 0. The molecule has 3 heteroatoms. The van der Waals surface area contributed by atoms with Crippen LogP contribution in [0.15, 0.2) is 24.3 Å². The van der Waals surface area contributed by atoms with Crippen molar-refractivity contribution < 1.29 is 9.50 Å². The van der Waals surface area contributed by atoms with Crippen LogP contribution in [0.4, 0.5) is 4.39 Å². The number of aliphatic hydroxyl groups is 1. The number of benzene rings is 1. The molecule has 0 bridgehead atoms. The summed E-state index contributed by atoms with van der Waals surface area (Å²) in [7, 11) is 0. The van der Waals surface area contributed by atoms with Crippen LogP contribution >= 0.6 is 0 Å². The van der Waals surface area contributed by atoms with Gasteiger partial charge in [0.15, 0.2) is 0 Å². The number of hydrogen-bond donors (Lipinski definition) is 2. The highest BCUT2D eigenvalue weighted by Gasteiger charge is 2.34. The van der Waals surface area contributed by atoms with Gasteiger partial charge in [-0.25, -0.2) is 4.39 Å². The van der Waals surface area contributed by atoms with Gasteiger partial charge in [-0.15, -0.1) is 0 Å². The number of hydrogen-bond acceptors (Lipinski definition) is 2. The summed E-state index contributed by atoms with van der Waals surface area (Å²) in [6, 6.07) is 6.43. The molecule has 1 aromatic carbocycles. The third-order valence-electron chi connectivity index (χ3n) is 4.31. The van der Waals surface area contributed by atoms with E-state index in [0.29, 0.717) is 18.4 Å². The maximum atomic E-state index is 13.3. The molecule has 2 nitrogen and oxygen atoms in total. The summed E-state index contributed by atoms with van der Waals surface area (Å²) in [5.74, 6) is 0.397. The fraction of sp³-hybridized carbons (Fsp3) is 0.600. The smallest absolute Gasteiger partial charge is 0.123 e. The standard InChI is InChI=1S/C15H22FNO/c1-10-4-2-7-13(10)15(18)14(9-17)11-5-3-6-12(16)8-11/h3,5-6,8,10,13-15,18H,2,4,7,9,17H2,1H3. The Kier molecular flexibility index (Phi) is 4.36. The van der Waals surface area contributed by atoms with Crippen LogP contribution < -0.4 is 5.73 Å². The van der Waals surface area contributed by atoms with Crippen molar-refractivity contribution in [3.63, 3.8) is 0 Å². The van der Waals surface area contributed by atoms with Crippen LogP contribution in [0.2, 0.25) is 0 Å². The summed E-state index contributed by atoms with van der Waals surface area (Å²) in [6.45, 7) is 2.54. The van der Waals surface area contributed by atoms with Crippen molar-refractivity contribution in [3.8, 4) is 0 Å². The molecule has 4 atom stereocenters. The molecule has 1 aromatic rings. The van der Waals surface area contributed by atoms with Crippen LogP contribution in [0.5, 0.6) is 0 Å². The van der Waals surface area contributed by atoms with E-state index in [0.717, 1.165) is 12.0 Å². The zero-order valence-corrected chi connectivity index (χ0v) is 10.8. The lowest BCUT2D eigenvalue weighted by Crippen LogP contribution is -2.33. The van der Waals surface area contributed by atoms with Gasteiger partial charge in [0.2, 0.25) is 0 Å². The highest BCUT2D eigenvalue weighted by atomic mass is 19.1. The first-order valence-corrected chi connectivity index (χ1v) is 6.77. The molecule has 2 rings (SSSR count). The SMILES string of the molecule is CC1CCCC1C(O)C(CN)c1cccc(F)c1. The molecule has 0 aromatic heterocycles. The van der Waals surface area contributed by atoms with Gasteiger partial charge in [-0.05, 0) is 36.0 Å². The summed E-state index contributed by atoms with van der Waals surface area (Å²) in [5.41, 5.74) is 6.60. The zero-order chi connectivity index (χ0) is 13.1. The minimum Gasteiger partial charge on any atom is -0.392 e. The second-order valence-corrected chi connectivity index (χ2v) is 5.46. The number of aliphatic hydroxyl groups excluding tert-OH is 1. The molecule has 0 heterocycles. The van der Waals surface area contributed by atoms with Crippen LogP contribution in [-0.2, 0) is 0 Å². The average Bonchev–Trinajstić information content (AvgIpc) is 2.76. The van der Waals surface area contributed by atoms with Gasteiger partial charge in [0.1, 0.15) is 5.82 Å². The van der Waals surface area contributed by atoms with Crippen molar-refractivity contribution in [1.82, 2.24) is 0 Å². The lowest BCUT2D eigenvalue weighted by molar-refractivity contribution is 0.0664. The summed E-state index contributed by atoms with van der Waals surface area (Å²) in [5, 5.41) is 10.5. The highest BCUT2D eigenvalue weighted by Crippen LogP contribution is 2.38. The Morgan fingerprint density at radius 3 is 2.78 bits per heavy atom. The molecular weight excluding hydrogens is 229 g/mol. The molecule has 3 N–H and O–H groups in total. The molecule has 0 radical (unpaired) electrons. The quantitative estimate of drug-likeness (QED) is 0.864. The summed E-state index contributed by atoms with van der Waals surface area (Å²) in [6.07, 6.45) is 2.92. The van der Waals surface area contributed by atoms with E-state index < -0.39 is 6.10 Å². The molecule has 4 unspecified atom stereocenters. The Balaban J connectivity index is 2.17. The molecule has 18 heavy (non-hydrogen) atoms.